The third-order valence-corrected chi connectivity index (χ3v) is 5.07. The minimum Gasteiger partial charge on any atom is -0.493 e. The number of likely N-dealkylation sites (tertiary alicyclic amines) is 1. The molecule has 0 aromatic heterocycles. The van der Waals surface area contributed by atoms with Gasteiger partial charge in [0.25, 0.3) is 0 Å². The van der Waals surface area contributed by atoms with Crippen LogP contribution < -0.4 is 4.74 Å². The Morgan fingerprint density at radius 2 is 1.58 bits per heavy atom. The quantitative estimate of drug-likeness (QED) is 0.751. The fraction of sp³-hybridized carbons (Fsp3) is 0.478. The normalized spacial score (nSPS) is 17.4. The Morgan fingerprint density at radius 1 is 0.923 bits per heavy atom. The van der Waals surface area contributed by atoms with Gasteiger partial charge >= 0.3 is 0 Å². The highest BCUT2D eigenvalue weighted by Gasteiger charge is 2.26. The van der Waals surface area contributed by atoms with Crippen molar-refractivity contribution in [1.29, 1.82) is 0 Å². The number of rotatable bonds is 8. The van der Waals surface area contributed by atoms with Crippen LogP contribution in [0.5, 0.6) is 5.75 Å². The lowest BCUT2D eigenvalue weighted by atomic mass is 9.88. The first-order valence-corrected chi connectivity index (χ1v) is 9.81. The number of ether oxygens (including phenoxy) is 1. The Labute approximate surface area is 157 Å². The zero-order chi connectivity index (χ0) is 18.4. The summed E-state index contributed by atoms with van der Waals surface area (Å²) in [7, 11) is 0. The lowest BCUT2D eigenvalue weighted by Crippen LogP contribution is -2.29. The van der Waals surface area contributed by atoms with Crippen molar-refractivity contribution < 1.29 is 9.84 Å². The van der Waals surface area contributed by atoms with Gasteiger partial charge in [-0.1, -0.05) is 56.3 Å². The van der Waals surface area contributed by atoms with Gasteiger partial charge in [-0.3, -0.25) is 0 Å². The predicted octanol–water partition coefficient (Wildman–Crippen LogP) is 4.63. The number of hydrogen-bond donors (Lipinski definition) is 1. The minimum absolute atomic E-state index is 0.0803. The van der Waals surface area contributed by atoms with Crippen LogP contribution in [0.4, 0.5) is 0 Å². The number of hydrogen-bond acceptors (Lipinski definition) is 3. The molecule has 2 atom stereocenters. The molecular weight excluding hydrogens is 322 g/mol. The van der Waals surface area contributed by atoms with E-state index in [-0.39, 0.29) is 5.92 Å². The first kappa shape index (κ1) is 18.9. The molecule has 3 heteroatoms. The Hall–Kier alpha value is -1.84. The topological polar surface area (TPSA) is 32.7 Å². The van der Waals surface area contributed by atoms with Crippen LogP contribution in [0.25, 0.3) is 0 Å². The van der Waals surface area contributed by atoms with Gasteiger partial charge in [0.15, 0.2) is 0 Å². The average Bonchev–Trinajstić information content (AvgIpc) is 3.18. The maximum Gasteiger partial charge on any atom is 0.119 e. The van der Waals surface area contributed by atoms with E-state index in [1.165, 1.54) is 18.4 Å². The van der Waals surface area contributed by atoms with Crippen molar-refractivity contribution >= 4 is 0 Å². The highest BCUT2D eigenvalue weighted by atomic mass is 16.5. The maximum absolute atomic E-state index is 11.1. The van der Waals surface area contributed by atoms with Crippen molar-refractivity contribution in [3.8, 4) is 5.75 Å². The molecule has 1 aliphatic rings. The van der Waals surface area contributed by atoms with Crippen molar-refractivity contribution in [3.63, 3.8) is 0 Å². The molecule has 1 aliphatic heterocycles. The second-order valence-electron chi connectivity index (χ2n) is 7.74. The van der Waals surface area contributed by atoms with Gasteiger partial charge in [-0.25, -0.2) is 0 Å². The zero-order valence-electron chi connectivity index (χ0n) is 16.0. The summed E-state index contributed by atoms with van der Waals surface area (Å²) in [6, 6.07) is 18.3. The minimum atomic E-state index is -0.517. The molecule has 0 radical (unpaired) electrons. The van der Waals surface area contributed by atoms with E-state index in [1.54, 1.807) is 0 Å². The molecule has 3 rings (SSSR count). The Kier molecular flexibility index (Phi) is 6.70. The van der Waals surface area contributed by atoms with Crippen LogP contribution in [-0.4, -0.2) is 36.2 Å². The van der Waals surface area contributed by atoms with Crippen molar-refractivity contribution in [2.24, 2.45) is 5.92 Å². The molecule has 0 spiro atoms. The molecule has 1 saturated heterocycles. The summed E-state index contributed by atoms with van der Waals surface area (Å²) in [4.78, 5) is 2.47. The van der Waals surface area contributed by atoms with Crippen LogP contribution in [0.15, 0.2) is 54.6 Å². The SMILES string of the molecule is CC(C)COc1ccc([C@@H](O)[C@@H](CN2CCCC2)c2ccccc2)cc1. The average molecular weight is 354 g/mol. The van der Waals surface area contributed by atoms with Crippen molar-refractivity contribution in [2.45, 2.75) is 38.7 Å². The molecule has 0 unspecified atom stereocenters. The highest BCUT2D eigenvalue weighted by molar-refractivity contribution is 5.32. The molecule has 0 amide bonds. The Balaban J connectivity index is 1.74. The monoisotopic (exact) mass is 353 g/mol. The smallest absolute Gasteiger partial charge is 0.119 e. The second-order valence-corrected chi connectivity index (χ2v) is 7.74. The summed E-state index contributed by atoms with van der Waals surface area (Å²) in [6.45, 7) is 8.16. The first-order chi connectivity index (χ1) is 12.6. The summed E-state index contributed by atoms with van der Waals surface area (Å²) in [5, 5.41) is 11.1. The van der Waals surface area contributed by atoms with E-state index < -0.39 is 6.10 Å². The third kappa shape index (κ3) is 5.09. The number of benzene rings is 2. The summed E-state index contributed by atoms with van der Waals surface area (Å²) in [5.41, 5.74) is 2.15. The van der Waals surface area contributed by atoms with Crippen LogP contribution in [0.2, 0.25) is 0 Å². The zero-order valence-corrected chi connectivity index (χ0v) is 16.0. The van der Waals surface area contributed by atoms with Gasteiger partial charge in [-0.15, -0.1) is 0 Å². The molecule has 0 bridgehead atoms. The molecule has 2 aromatic carbocycles. The van der Waals surface area contributed by atoms with E-state index in [0.717, 1.165) is 30.9 Å². The van der Waals surface area contributed by atoms with Gasteiger partial charge in [-0.05, 0) is 55.1 Å². The van der Waals surface area contributed by atoms with Crippen LogP contribution in [0, 0.1) is 5.92 Å². The Bertz CT molecular complexity index is 648. The van der Waals surface area contributed by atoms with Crippen molar-refractivity contribution in [1.82, 2.24) is 4.90 Å². The predicted molar refractivity (Wildman–Crippen MR) is 107 cm³/mol. The second kappa shape index (κ2) is 9.20. The lowest BCUT2D eigenvalue weighted by molar-refractivity contribution is 0.123. The van der Waals surface area contributed by atoms with Crippen molar-refractivity contribution in [3.05, 3.63) is 65.7 Å². The van der Waals surface area contributed by atoms with Gasteiger partial charge < -0.3 is 14.7 Å². The van der Waals surface area contributed by atoms with E-state index >= 15 is 0 Å². The van der Waals surface area contributed by atoms with Crippen LogP contribution in [0.1, 0.15) is 49.8 Å². The first-order valence-electron chi connectivity index (χ1n) is 9.81. The van der Waals surface area contributed by atoms with Gasteiger partial charge in [0, 0.05) is 12.5 Å². The Morgan fingerprint density at radius 3 is 2.19 bits per heavy atom. The van der Waals surface area contributed by atoms with E-state index in [4.69, 9.17) is 4.74 Å². The largest absolute Gasteiger partial charge is 0.493 e. The van der Waals surface area contributed by atoms with E-state index in [2.05, 4.69) is 43.0 Å². The number of aliphatic hydroxyl groups excluding tert-OH is 1. The van der Waals surface area contributed by atoms with E-state index in [9.17, 15) is 5.11 Å². The molecule has 2 aromatic rings. The van der Waals surface area contributed by atoms with Crippen molar-refractivity contribution in [2.75, 3.05) is 26.2 Å². The van der Waals surface area contributed by atoms with Gasteiger partial charge in [0.1, 0.15) is 5.75 Å². The standard InChI is InChI=1S/C23H31NO2/c1-18(2)17-26-21-12-10-20(11-13-21)23(25)22(16-24-14-6-7-15-24)19-8-4-3-5-9-19/h3-5,8-13,18,22-23,25H,6-7,14-17H2,1-2H3/t22-,23+/m0/s1. The molecular formula is C23H31NO2. The number of nitrogens with zero attached hydrogens (tertiary/aromatic N) is 1. The molecule has 26 heavy (non-hydrogen) atoms. The van der Waals surface area contributed by atoms with Gasteiger partial charge in [0.2, 0.25) is 0 Å². The summed E-state index contributed by atoms with van der Waals surface area (Å²) in [6.07, 6.45) is 2.01. The molecule has 3 nitrogen and oxygen atoms in total. The molecule has 1 fully saturated rings. The van der Waals surface area contributed by atoms with E-state index in [0.29, 0.717) is 12.5 Å². The van der Waals surface area contributed by atoms with Crippen LogP contribution in [0.3, 0.4) is 0 Å². The molecule has 0 saturated carbocycles. The molecule has 1 N–H and O–H groups in total. The fourth-order valence-electron chi connectivity index (χ4n) is 3.59. The third-order valence-electron chi connectivity index (χ3n) is 5.07. The summed E-state index contributed by atoms with van der Waals surface area (Å²) in [5.74, 6) is 1.45. The highest BCUT2D eigenvalue weighted by Crippen LogP contribution is 2.33. The van der Waals surface area contributed by atoms with Gasteiger partial charge in [0.05, 0.1) is 12.7 Å². The molecule has 0 aliphatic carbocycles. The molecule has 140 valence electrons. The summed E-state index contributed by atoms with van der Waals surface area (Å²) < 4.78 is 5.77. The van der Waals surface area contributed by atoms with Gasteiger partial charge in [-0.2, -0.15) is 0 Å². The maximum atomic E-state index is 11.1. The van der Waals surface area contributed by atoms with Crippen LogP contribution in [-0.2, 0) is 0 Å². The fourth-order valence-corrected chi connectivity index (χ4v) is 3.59. The molecule has 1 heterocycles. The summed E-state index contributed by atoms with van der Waals surface area (Å²) >= 11 is 0. The lowest BCUT2D eigenvalue weighted by Gasteiger charge is -2.28. The van der Waals surface area contributed by atoms with Crippen LogP contribution >= 0.6 is 0 Å². The number of aliphatic hydroxyl groups is 1. The van der Waals surface area contributed by atoms with E-state index in [1.807, 2.05) is 30.3 Å².